The highest BCUT2D eigenvalue weighted by Crippen LogP contribution is 2.22. The summed E-state index contributed by atoms with van der Waals surface area (Å²) in [6, 6.07) is 16.2. The highest BCUT2D eigenvalue weighted by Gasteiger charge is 2.23. The van der Waals surface area contributed by atoms with E-state index in [1.165, 1.54) is 5.56 Å². The Morgan fingerprint density at radius 3 is 2.48 bits per heavy atom. The van der Waals surface area contributed by atoms with Crippen molar-refractivity contribution >= 4 is 27.8 Å². The molecule has 0 saturated heterocycles. The monoisotopic (exact) mass is 458 g/mol. The lowest BCUT2D eigenvalue weighted by Gasteiger charge is -2.00. The summed E-state index contributed by atoms with van der Waals surface area (Å²) >= 11 is 3.45. The number of carbonyl (C=O) groups excluding carboxylic acids is 1. The predicted molar refractivity (Wildman–Crippen MR) is 96.6 cm³/mol. The standard InChI is InChI=1S/C20H16BrN2O.BrH/c21-18-5-3-16(4-6-18)13-22-10-7-15(8-11-22)12-17-14-23-9-1-2-19(23)20(17)24;/h1-12H,13-14H2;1H/q+1;/p-1/b17-12+;. The van der Waals surface area contributed by atoms with E-state index >= 15 is 0 Å². The van der Waals surface area contributed by atoms with E-state index in [4.69, 9.17) is 0 Å². The number of benzene rings is 1. The molecule has 0 bridgehead atoms. The summed E-state index contributed by atoms with van der Waals surface area (Å²) in [7, 11) is 0. The topological polar surface area (TPSA) is 25.9 Å². The smallest absolute Gasteiger partial charge is 0.207 e. The Kier molecular flexibility index (Phi) is 5.35. The maximum absolute atomic E-state index is 12.3. The van der Waals surface area contributed by atoms with E-state index in [0.717, 1.165) is 27.8 Å². The Morgan fingerprint density at radius 1 is 1.08 bits per heavy atom. The third kappa shape index (κ3) is 3.83. The number of rotatable bonds is 3. The normalized spacial score (nSPS) is 14.4. The van der Waals surface area contributed by atoms with Crippen LogP contribution in [0.15, 0.2) is 77.2 Å². The highest BCUT2D eigenvalue weighted by molar-refractivity contribution is 9.10. The van der Waals surface area contributed by atoms with Crippen molar-refractivity contribution in [2.75, 3.05) is 0 Å². The van der Waals surface area contributed by atoms with E-state index in [2.05, 4.69) is 44.8 Å². The van der Waals surface area contributed by atoms with Crippen molar-refractivity contribution in [3.05, 3.63) is 94.0 Å². The van der Waals surface area contributed by atoms with Gasteiger partial charge >= 0.3 is 0 Å². The Hall–Kier alpha value is -1.98. The van der Waals surface area contributed by atoms with Crippen molar-refractivity contribution in [1.82, 2.24) is 4.57 Å². The fourth-order valence-electron chi connectivity index (χ4n) is 2.96. The van der Waals surface area contributed by atoms with Crippen LogP contribution >= 0.6 is 15.9 Å². The summed E-state index contributed by atoms with van der Waals surface area (Å²) in [6.45, 7) is 1.49. The van der Waals surface area contributed by atoms with Gasteiger partial charge < -0.3 is 21.5 Å². The fourth-order valence-corrected chi connectivity index (χ4v) is 3.23. The number of nitrogens with zero attached hydrogens (tertiary/aromatic N) is 2. The Balaban J connectivity index is 0.00000182. The third-order valence-electron chi connectivity index (χ3n) is 4.23. The van der Waals surface area contributed by atoms with Crippen molar-refractivity contribution in [1.29, 1.82) is 0 Å². The summed E-state index contributed by atoms with van der Waals surface area (Å²) in [5.74, 6) is 0.131. The van der Waals surface area contributed by atoms with Crippen molar-refractivity contribution in [3.63, 3.8) is 0 Å². The number of Topliss-reactive ketones (excluding diaryl/α,β-unsaturated/α-hetero) is 1. The molecule has 2 aromatic heterocycles. The number of ketones is 1. The van der Waals surface area contributed by atoms with Crippen LogP contribution in [0.4, 0.5) is 0 Å². The van der Waals surface area contributed by atoms with Crippen LogP contribution in [-0.4, -0.2) is 10.4 Å². The summed E-state index contributed by atoms with van der Waals surface area (Å²) < 4.78 is 5.21. The van der Waals surface area contributed by atoms with E-state index in [-0.39, 0.29) is 22.8 Å². The fraction of sp³-hybridized carbons (Fsp3) is 0.100. The summed E-state index contributed by atoms with van der Waals surface area (Å²) in [6.07, 6.45) is 8.03. The number of fused-ring (bicyclic) bond motifs is 1. The van der Waals surface area contributed by atoms with Gasteiger partial charge in [-0.25, -0.2) is 4.57 Å². The average molecular weight is 460 g/mol. The largest absolute Gasteiger partial charge is 1.00 e. The molecule has 0 unspecified atom stereocenters. The van der Waals surface area contributed by atoms with Gasteiger partial charge in [0.15, 0.2) is 18.9 Å². The number of hydrogen-bond donors (Lipinski definition) is 0. The first-order valence-electron chi connectivity index (χ1n) is 7.83. The Bertz CT molecular complexity index is 925. The minimum Gasteiger partial charge on any atom is -1.00 e. The molecule has 25 heavy (non-hydrogen) atoms. The van der Waals surface area contributed by atoms with Gasteiger partial charge in [0.1, 0.15) is 0 Å². The molecule has 1 aromatic carbocycles. The minimum absolute atomic E-state index is 0. The van der Waals surface area contributed by atoms with Gasteiger partial charge in [0.2, 0.25) is 5.78 Å². The zero-order valence-electron chi connectivity index (χ0n) is 13.4. The lowest BCUT2D eigenvalue weighted by molar-refractivity contribution is -0.688. The Labute approximate surface area is 165 Å². The van der Waals surface area contributed by atoms with Gasteiger partial charge in [-0.2, -0.15) is 0 Å². The molecule has 0 fully saturated rings. The summed E-state index contributed by atoms with van der Waals surface area (Å²) in [5.41, 5.74) is 3.93. The number of carbonyl (C=O) groups is 1. The first kappa shape index (κ1) is 17.8. The quantitative estimate of drug-likeness (QED) is 0.421. The van der Waals surface area contributed by atoms with Crippen LogP contribution < -0.4 is 21.5 Å². The van der Waals surface area contributed by atoms with Gasteiger partial charge in [-0.1, -0.05) is 28.1 Å². The van der Waals surface area contributed by atoms with E-state index in [0.29, 0.717) is 6.54 Å². The molecule has 0 saturated carbocycles. The first-order valence-corrected chi connectivity index (χ1v) is 8.62. The van der Waals surface area contributed by atoms with Crippen molar-refractivity contribution in [2.24, 2.45) is 0 Å². The zero-order chi connectivity index (χ0) is 16.5. The zero-order valence-corrected chi connectivity index (χ0v) is 16.6. The molecule has 3 heterocycles. The van der Waals surface area contributed by atoms with Crippen LogP contribution in [0.2, 0.25) is 0 Å². The third-order valence-corrected chi connectivity index (χ3v) is 4.76. The summed E-state index contributed by atoms with van der Waals surface area (Å²) in [4.78, 5) is 12.3. The van der Waals surface area contributed by atoms with Gasteiger partial charge in [0, 0.05) is 33.9 Å². The SMILES string of the molecule is O=C1/C(=C/c2cc[n+](Cc3ccc(Br)cc3)cc2)Cn2cccc21.[Br-]. The second-order valence-corrected chi connectivity index (χ2v) is 6.87. The van der Waals surface area contributed by atoms with Crippen LogP contribution in [-0.2, 0) is 13.1 Å². The van der Waals surface area contributed by atoms with E-state index in [9.17, 15) is 4.79 Å². The van der Waals surface area contributed by atoms with Gasteiger partial charge in [0.05, 0.1) is 12.2 Å². The van der Waals surface area contributed by atoms with E-state index in [1.54, 1.807) is 0 Å². The minimum atomic E-state index is 0. The van der Waals surface area contributed by atoms with Gasteiger partial charge in [0.25, 0.3) is 0 Å². The predicted octanol–water partition coefficient (Wildman–Crippen LogP) is 0.870. The average Bonchev–Trinajstić information content (AvgIpc) is 3.15. The molecule has 0 radical (unpaired) electrons. The van der Waals surface area contributed by atoms with Crippen LogP contribution in [0.25, 0.3) is 6.08 Å². The van der Waals surface area contributed by atoms with Crippen molar-refractivity contribution in [2.45, 2.75) is 13.1 Å². The van der Waals surface area contributed by atoms with E-state index in [1.807, 2.05) is 53.5 Å². The molecule has 1 aliphatic heterocycles. The molecule has 4 rings (SSSR count). The van der Waals surface area contributed by atoms with Crippen LogP contribution in [0.5, 0.6) is 0 Å². The van der Waals surface area contributed by atoms with Crippen molar-refractivity contribution in [3.8, 4) is 0 Å². The number of pyridine rings is 1. The van der Waals surface area contributed by atoms with Crippen LogP contribution in [0, 0.1) is 0 Å². The van der Waals surface area contributed by atoms with Gasteiger partial charge in [-0.3, -0.25) is 4.79 Å². The molecule has 0 amide bonds. The molecule has 3 nitrogen and oxygen atoms in total. The summed E-state index contributed by atoms with van der Waals surface area (Å²) in [5, 5.41) is 0. The number of hydrogen-bond acceptors (Lipinski definition) is 1. The molecule has 3 aromatic rings. The van der Waals surface area contributed by atoms with Crippen molar-refractivity contribution < 1.29 is 26.3 Å². The maximum atomic E-state index is 12.3. The number of allylic oxidation sites excluding steroid dienone is 1. The Morgan fingerprint density at radius 2 is 1.80 bits per heavy atom. The molecule has 126 valence electrons. The molecular weight excluding hydrogens is 444 g/mol. The number of halogens is 2. The maximum Gasteiger partial charge on any atom is 0.207 e. The van der Waals surface area contributed by atoms with Gasteiger partial charge in [-0.15, -0.1) is 0 Å². The molecular formula is C20H16Br2N2O. The lowest BCUT2D eigenvalue weighted by Crippen LogP contribution is -3.00. The second kappa shape index (κ2) is 7.50. The van der Waals surface area contributed by atoms with Gasteiger partial charge in [-0.05, 0) is 35.9 Å². The molecule has 0 aliphatic carbocycles. The van der Waals surface area contributed by atoms with Crippen LogP contribution in [0.3, 0.4) is 0 Å². The molecule has 0 N–H and O–H groups in total. The van der Waals surface area contributed by atoms with Crippen LogP contribution in [0.1, 0.15) is 21.6 Å². The molecule has 5 heteroatoms. The highest BCUT2D eigenvalue weighted by atomic mass is 79.9. The molecule has 0 spiro atoms. The second-order valence-electron chi connectivity index (χ2n) is 5.95. The lowest BCUT2D eigenvalue weighted by atomic mass is 10.1. The molecule has 1 aliphatic rings. The molecule has 0 atom stereocenters. The first-order chi connectivity index (χ1) is 11.7. The van der Waals surface area contributed by atoms with E-state index < -0.39 is 0 Å². The number of aromatic nitrogens is 2.